The Bertz CT molecular complexity index is 709. The third kappa shape index (κ3) is 2.93. The highest BCUT2D eigenvalue weighted by Gasteiger charge is 2.17. The minimum atomic E-state index is -3.61. The van der Waals surface area contributed by atoms with E-state index >= 15 is 0 Å². The molecule has 0 atom stereocenters. The van der Waals surface area contributed by atoms with Crippen LogP contribution in [0, 0.1) is 13.8 Å². The molecule has 2 rings (SSSR count). The van der Waals surface area contributed by atoms with Gasteiger partial charge in [0, 0.05) is 0 Å². The SMILES string of the molecule is COc1cc(C)cc(C)c1NS(=O)(=O)c1ccccc1. The Kier molecular flexibility index (Phi) is 3.99. The summed E-state index contributed by atoms with van der Waals surface area (Å²) in [7, 11) is -2.09. The van der Waals surface area contributed by atoms with Gasteiger partial charge in [-0.2, -0.15) is 0 Å². The third-order valence-corrected chi connectivity index (χ3v) is 4.32. The van der Waals surface area contributed by atoms with E-state index in [1.54, 1.807) is 36.4 Å². The molecule has 0 saturated carbocycles. The number of hydrogen-bond donors (Lipinski definition) is 1. The van der Waals surface area contributed by atoms with Crippen LogP contribution in [0.15, 0.2) is 47.4 Å². The topological polar surface area (TPSA) is 55.4 Å². The predicted octanol–water partition coefficient (Wildman–Crippen LogP) is 3.11. The molecular formula is C15H17NO3S. The summed E-state index contributed by atoms with van der Waals surface area (Å²) in [4.78, 5) is 0.224. The molecule has 0 heterocycles. The number of nitrogens with one attached hydrogen (secondary N) is 1. The quantitative estimate of drug-likeness (QED) is 0.941. The molecule has 5 heteroatoms. The smallest absolute Gasteiger partial charge is 0.262 e. The Hall–Kier alpha value is -2.01. The van der Waals surface area contributed by atoms with Gasteiger partial charge in [0.25, 0.3) is 10.0 Å². The Morgan fingerprint density at radius 2 is 1.70 bits per heavy atom. The zero-order valence-electron chi connectivity index (χ0n) is 11.7. The third-order valence-electron chi connectivity index (χ3n) is 2.95. The van der Waals surface area contributed by atoms with Crippen LogP contribution in [-0.2, 0) is 10.0 Å². The zero-order valence-corrected chi connectivity index (χ0v) is 12.5. The predicted molar refractivity (Wildman–Crippen MR) is 79.7 cm³/mol. The van der Waals surface area contributed by atoms with Crippen molar-refractivity contribution in [2.45, 2.75) is 18.7 Å². The first-order valence-corrected chi connectivity index (χ1v) is 7.65. The summed E-state index contributed by atoms with van der Waals surface area (Å²) in [5.74, 6) is 0.516. The molecule has 2 aromatic rings. The summed E-state index contributed by atoms with van der Waals surface area (Å²) in [6.45, 7) is 3.78. The van der Waals surface area contributed by atoms with Crippen LogP contribution in [0.25, 0.3) is 0 Å². The number of aryl methyl sites for hydroxylation is 2. The Morgan fingerprint density at radius 1 is 1.05 bits per heavy atom. The van der Waals surface area contributed by atoms with Crippen LogP contribution in [0.1, 0.15) is 11.1 Å². The lowest BCUT2D eigenvalue weighted by Crippen LogP contribution is -2.14. The van der Waals surface area contributed by atoms with E-state index in [4.69, 9.17) is 4.74 Å². The van der Waals surface area contributed by atoms with Crippen molar-refractivity contribution in [2.24, 2.45) is 0 Å². The fraction of sp³-hybridized carbons (Fsp3) is 0.200. The molecule has 20 heavy (non-hydrogen) atoms. The fourth-order valence-electron chi connectivity index (χ4n) is 2.01. The number of hydrogen-bond acceptors (Lipinski definition) is 3. The second kappa shape index (κ2) is 5.54. The van der Waals surface area contributed by atoms with E-state index in [2.05, 4.69) is 4.72 Å². The maximum absolute atomic E-state index is 12.3. The minimum absolute atomic E-state index is 0.224. The van der Waals surface area contributed by atoms with E-state index in [0.717, 1.165) is 11.1 Å². The molecule has 106 valence electrons. The number of rotatable bonds is 4. The molecule has 0 aliphatic heterocycles. The summed E-state index contributed by atoms with van der Waals surface area (Å²) < 4.78 is 32.5. The second-order valence-corrected chi connectivity index (χ2v) is 6.26. The summed E-state index contributed by atoms with van der Waals surface area (Å²) in [6.07, 6.45) is 0. The molecule has 0 aliphatic rings. The van der Waals surface area contributed by atoms with Gasteiger partial charge < -0.3 is 4.74 Å². The number of ether oxygens (including phenoxy) is 1. The van der Waals surface area contributed by atoms with Crippen molar-refractivity contribution >= 4 is 15.7 Å². The van der Waals surface area contributed by atoms with Crippen molar-refractivity contribution in [3.8, 4) is 5.75 Å². The number of anilines is 1. The first-order chi connectivity index (χ1) is 9.44. The van der Waals surface area contributed by atoms with Gasteiger partial charge >= 0.3 is 0 Å². The molecule has 0 spiro atoms. The lowest BCUT2D eigenvalue weighted by molar-refractivity contribution is 0.416. The average Bonchev–Trinajstić information content (AvgIpc) is 2.42. The van der Waals surface area contributed by atoms with Crippen molar-refractivity contribution < 1.29 is 13.2 Å². The van der Waals surface area contributed by atoms with Crippen LogP contribution in [-0.4, -0.2) is 15.5 Å². The standard InChI is InChI=1S/C15H17NO3S/c1-11-9-12(2)15(14(10-11)19-3)16-20(17,18)13-7-5-4-6-8-13/h4-10,16H,1-3H3. The molecule has 0 fully saturated rings. The van der Waals surface area contributed by atoms with Gasteiger partial charge in [-0.3, -0.25) is 4.72 Å². The molecule has 0 aromatic heterocycles. The molecule has 2 aromatic carbocycles. The highest BCUT2D eigenvalue weighted by molar-refractivity contribution is 7.92. The van der Waals surface area contributed by atoms with Crippen molar-refractivity contribution in [3.63, 3.8) is 0 Å². The van der Waals surface area contributed by atoms with E-state index in [9.17, 15) is 8.42 Å². The Morgan fingerprint density at radius 3 is 2.30 bits per heavy atom. The van der Waals surface area contributed by atoms with Crippen LogP contribution in [0.3, 0.4) is 0 Å². The lowest BCUT2D eigenvalue weighted by atomic mass is 10.1. The van der Waals surface area contributed by atoms with Gasteiger partial charge in [0.1, 0.15) is 5.75 Å². The Labute approximate surface area is 119 Å². The van der Waals surface area contributed by atoms with Gasteiger partial charge in [-0.1, -0.05) is 24.3 Å². The van der Waals surface area contributed by atoms with Crippen LogP contribution >= 0.6 is 0 Å². The van der Waals surface area contributed by atoms with E-state index in [-0.39, 0.29) is 4.90 Å². The second-order valence-electron chi connectivity index (χ2n) is 4.58. The summed E-state index contributed by atoms with van der Waals surface area (Å²) in [6, 6.07) is 12.0. The average molecular weight is 291 g/mol. The monoisotopic (exact) mass is 291 g/mol. The normalized spacial score (nSPS) is 11.2. The fourth-order valence-corrected chi connectivity index (χ4v) is 3.18. The molecule has 0 aliphatic carbocycles. The van der Waals surface area contributed by atoms with Gasteiger partial charge in [-0.15, -0.1) is 0 Å². The Balaban J connectivity index is 2.45. The molecule has 0 bridgehead atoms. The van der Waals surface area contributed by atoms with E-state index in [0.29, 0.717) is 11.4 Å². The molecule has 1 N–H and O–H groups in total. The van der Waals surface area contributed by atoms with Gasteiger partial charge in [-0.25, -0.2) is 8.42 Å². The van der Waals surface area contributed by atoms with Gasteiger partial charge in [0.15, 0.2) is 0 Å². The maximum Gasteiger partial charge on any atom is 0.262 e. The first-order valence-electron chi connectivity index (χ1n) is 6.17. The summed E-state index contributed by atoms with van der Waals surface area (Å²) >= 11 is 0. The van der Waals surface area contributed by atoms with Gasteiger partial charge in [0.2, 0.25) is 0 Å². The van der Waals surface area contributed by atoms with E-state index in [1.165, 1.54) is 7.11 Å². The van der Waals surface area contributed by atoms with E-state index in [1.807, 2.05) is 19.9 Å². The highest BCUT2D eigenvalue weighted by atomic mass is 32.2. The molecule has 0 radical (unpaired) electrons. The molecule has 0 amide bonds. The van der Waals surface area contributed by atoms with Crippen molar-refractivity contribution in [3.05, 3.63) is 53.6 Å². The van der Waals surface area contributed by atoms with Crippen molar-refractivity contribution in [1.29, 1.82) is 0 Å². The highest BCUT2D eigenvalue weighted by Crippen LogP contribution is 2.31. The van der Waals surface area contributed by atoms with E-state index < -0.39 is 10.0 Å². The van der Waals surface area contributed by atoms with Crippen molar-refractivity contribution in [1.82, 2.24) is 0 Å². The first kappa shape index (κ1) is 14.4. The number of sulfonamides is 1. The van der Waals surface area contributed by atoms with Crippen LogP contribution in [0.5, 0.6) is 5.75 Å². The molecule has 0 unspecified atom stereocenters. The maximum atomic E-state index is 12.3. The molecule has 0 saturated heterocycles. The number of benzene rings is 2. The molecular weight excluding hydrogens is 274 g/mol. The van der Waals surface area contributed by atoms with Crippen molar-refractivity contribution in [2.75, 3.05) is 11.8 Å². The lowest BCUT2D eigenvalue weighted by Gasteiger charge is -2.15. The van der Waals surface area contributed by atoms with Gasteiger partial charge in [-0.05, 0) is 43.2 Å². The van der Waals surface area contributed by atoms with Crippen LogP contribution in [0.4, 0.5) is 5.69 Å². The van der Waals surface area contributed by atoms with Crippen LogP contribution < -0.4 is 9.46 Å². The largest absolute Gasteiger partial charge is 0.495 e. The summed E-state index contributed by atoms with van der Waals surface area (Å²) in [5, 5.41) is 0. The minimum Gasteiger partial charge on any atom is -0.495 e. The van der Waals surface area contributed by atoms with Crippen LogP contribution in [0.2, 0.25) is 0 Å². The molecule has 4 nitrogen and oxygen atoms in total. The van der Waals surface area contributed by atoms with Gasteiger partial charge in [0.05, 0.1) is 17.7 Å². The summed E-state index contributed by atoms with van der Waals surface area (Å²) in [5.41, 5.74) is 2.31. The number of methoxy groups -OCH3 is 1. The zero-order chi connectivity index (χ0) is 14.8.